The van der Waals surface area contributed by atoms with E-state index < -0.39 is 0 Å². The van der Waals surface area contributed by atoms with Crippen LogP contribution in [0.25, 0.3) is 6.08 Å². The van der Waals surface area contributed by atoms with Crippen LogP contribution >= 0.6 is 0 Å². The Balaban J connectivity index is 1.73. The van der Waals surface area contributed by atoms with Crippen molar-refractivity contribution in [3.8, 4) is 0 Å². The third kappa shape index (κ3) is 5.57. The largest absolute Gasteiger partial charge is 0.465 e. The molecule has 0 fully saturated rings. The molecule has 3 rings (SSSR count). The zero-order chi connectivity index (χ0) is 19.6. The lowest BCUT2D eigenvalue weighted by Crippen LogP contribution is -2.34. The zero-order valence-corrected chi connectivity index (χ0v) is 15.2. The van der Waals surface area contributed by atoms with E-state index in [1.165, 1.54) is 0 Å². The van der Waals surface area contributed by atoms with Crippen molar-refractivity contribution >= 4 is 17.9 Å². The Hall–Kier alpha value is -3.86. The fourth-order valence-corrected chi connectivity index (χ4v) is 2.46. The number of carbonyl (C=O) groups is 2. The van der Waals surface area contributed by atoms with Crippen molar-refractivity contribution in [3.63, 3.8) is 0 Å². The second kappa shape index (κ2) is 9.73. The molecule has 0 saturated heterocycles. The molecule has 0 aliphatic rings. The minimum absolute atomic E-state index is 0.146. The molecule has 2 amide bonds. The maximum Gasteiger partial charge on any atom is 0.268 e. The van der Waals surface area contributed by atoms with Gasteiger partial charge in [0, 0.05) is 12.1 Å². The van der Waals surface area contributed by atoms with Crippen LogP contribution in [0, 0.1) is 0 Å². The zero-order valence-electron chi connectivity index (χ0n) is 15.2. The van der Waals surface area contributed by atoms with E-state index in [2.05, 4.69) is 10.6 Å². The molecule has 0 aliphatic carbocycles. The molecule has 5 nitrogen and oxygen atoms in total. The Morgan fingerprint density at radius 2 is 1.61 bits per heavy atom. The van der Waals surface area contributed by atoms with E-state index in [1.54, 1.807) is 60.9 Å². The second-order valence-corrected chi connectivity index (χ2v) is 5.94. The molecule has 1 heterocycles. The van der Waals surface area contributed by atoms with E-state index in [0.29, 0.717) is 17.9 Å². The van der Waals surface area contributed by atoms with Gasteiger partial charge in [0.05, 0.1) is 6.26 Å². The van der Waals surface area contributed by atoms with Crippen molar-refractivity contribution < 1.29 is 14.0 Å². The molecule has 5 heteroatoms. The first kappa shape index (κ1) is 18.9. The molecule has 0 bridgehead atoms. The molecule has 140 valence electrons. The summed E-state index contributed by atoms with van der Waals surface area (Å²) in [6.45, 7) is 0.361. The molecule has 0 spiro atoms. The third-order valence-electron chi connectivity index (χ3n) is 3.89. The highest BCUT2D eigenvalue weighted by Crippen LogP contribution is 2.05. The SMILES string of the molecule is O=C(NCc1ccccc1)/C(=C/C=C/c1ccco1)NC(=O)c1ccccc1. The topological polar surface area (TPSA) is 71.3 Å². The molecular formula is C23H20N2O3. The Morgan fingerprint density at radius 3 is 2.29 bits per heavy atom. The molecule has 28 heavy (non-hydrogen) atoms. The van der Waals surface area contributed by atoms with E-state index in [4.69, 9.17) is 4.42 Å². The van der Waals surface area contributed by atoms with Crippen LogP contribution in [0.4, 0.5) is 0 Å². The Bertz CT molecular complexity index is 960. The number of hydrogen-bond donors (Lipinski definition) is 2. The van der Waals surface area contributed by atoms with Crippen LogP contribution < -0.4 is 10.6 Å². The lowest BCUT2D eigenvalue weighted by atomic mass is 10.2. The molecule has 2 N–H and O–H groups in total. The van der Waals surface area contributed by atoms with Gasteiger partial charge >= 0.3 is 0 Å². The fourth-order valence-electron chi connectivity index (χ4n) is 2.46. The number of allylic oxidation sites excluding steroid dienone is 2. The maximum absolute atomic E-state index is 12.6. The highest BCUT2D eigenvalue weighted by Gasteiger charge is 2.13. The number of benzene rings is 2. The molecule has 0 unspecified atom stereocenters. The van der Waals surface area contributed by atoms with Crippen molar-refractivity contribution in [2.75, 3.05) is 0 Å². The van der Waals surface area contributed by atoms with Crippen LogP contribution in [-0.4, -0.2) is 11.8 Å². The van der Waals surface area contributed by atoms with Crippen LogP contribution in [0.3, 0.4) is 0 Å². The summed E-state index contributed by atoms with van der Waals surface area (Å²) in [6, 6.07) is 21.9. The van der Waals surface area contributed by atoms with Crippen molar-refractivity contribution in [3.05, 3.63) is 114 Å². The summed E-state index contributed by atoms with van der Waals surface area (Å²) in [6.07, 6.45) is 6.47. The van der Waals surface area contributed by atoms with Crippen molar-refractivity contribution in [1.29, 1.82) is 0 Å². The maximum atomic E-state index is 12.6. The molecule has 0 saturated carbocycles. The molecule has 0 radical (unpaired) electrons. The second-order valence-electron chi connectivity index (χ2n) is 5.94. The van der Waals surface area contributed by atoms with Crippen LogP contribution in [0.5, 0.6) is 0 Å². The van der Waals surface area contributed by atoms with Crippen molar-refractivity contribution in [1.82, 2.24) is 10.6 Å². The van der Waals surface area contributed by atoms with E-state index in [0.717, 1.165) is 5.56 Å². The average molecular weight is 372 g/mol. The Morgan fingerprint density at radius 1 is 0.893 bits per heavy atom. The number of carbonyl (C=O) groups excluding carboxylic acids is 2. The summed E-state index contributed by atoms with van der Waals surface area (Å²) in [7, 11) is 0. The van der Waals surface area contributed by atoms with Gasteiger partial charge in [-0.25, -0.2) is 0 Å². The number of amides is 2. The first-order valence-corrected chi connectivity index (χ1v) is 8.83. The van der Waals surface area contributed by atoms with Crippen LogP contribution in [0.2, 0.25) is 0 Å². The summed E-state index contributed by atoms with van der Waals surface area (Å²) < 4.78 is 5.23. The Labute approximate surface area is 163 Å². The summed E-state index contributed by atoms with van der Waals surface area (Å²) in [5.41, 5.74) is 1.59. The lowest BCUT2D eigenvalue weighted by Gasteiger charge is -2.10. The van der Waals surface area contributed by atoms with Gasteiger partial charge in [-0.1, -0.05) is 54.6 Å². The van der Waals surface area contributed by atoms with Gasteiger partial charge in [-0.3, -0.25) is 9.59 Å². The molecule has 0 aliphatic heterocycles. The summed E-state index contributed by atoms with van der Waals surface area (Å²) in [5, 5.41) is 5.50. The van der Waals surface area contributed by atoms with Crippen molar-refractivity contribution in [2.45, 2.75) is 6.54 Å². The van der Waals surface area contributed by atoms with Crippen LogP contribution in [-0.2, 0) is 11.3 Å². The van der Waals surface area contributed by atoms with Gasteiger partial charge in [0.15, 0.2) is 0 Å². The fraction of sp³-hybridized carbons (Fsp3) is 0.0435. The normalized spacial score (nSPS) is 11.4. The van der Waals surface area contributed by atoms with Crippen LogP contribution in [0.15, 0.2) is 101 Å². The Kier molecular flexibility index (Phi) is 6.57. The van der Waals surface area contributed by atoms with Crippen molar-refractivity contribution in [2.24, 2.45) is 0 Å². The molecular weight excluding hydrogens is 352 g/mol. The highest BCUT2D eigenvalue weighted by atomic mass is 16.3. The predicted molar refractivity (Wildman–Crippen MR) is 108 cm³/mol. The minimum Gasteiger partial charge on any atom is -0.465 e. The first-order valence-electron chi connectivity index (χ1n) is 8.83. The number of hydrogen-bond acceptors (Lipinski definition) is 3. The van der Waals surface area contributed by atoms with Gasteiger partial charge in [0.2, 0.25) is 0 Å². The van der Waals surface area contributed by atoms with E-state index in [9.17, 15) is 9.59 Å². The third-order valence-corrected chi connectivity index (χ3v) is 3.89. The number of rotatable bonds is 7. The van der Waals surface area contributed by atoms with Gasteiger partial charge in [0.25, 0.3) is 11.8 Å². The average Bonchev–Trinajstić information content (AvgIpc) is 3.26. The smallest absolute Gasteiger partial charge is 0.268 e. The van der Waals surface area contributed by atoms with Gasteiger partial charge in [0.1, 0.15) is 11.5 Å². The number of nitrogens with one attached hydrogen (secondary N) is 2. The monoisotopic (exact) mass is 372 g/mol. The summed E-state index contributed by atoms with van der Waals surface area (Å²) in [4.78, 5) is 25.1. The van der Waals surface area contributed by atoms with Gasteiger partial charge < -0.3 is 15.1 Å². The quantitative estimate of drug-likeness (QED) is 0.488. The summed E-state index contributed by atoms with van der Waals surface area (Å²) >= 11 is 0. The first-order chi connectivity index (χ1) is 13.7. The summed E-state index contributed by atoms with van der Waals surface area (Å²) in [5.74, 6) is -0.0833. The van der Waals surface area contributed by atoms with Gasteiger partial charge in [-0.05, 0) is 42.0 Å². The standard InChI is InChI=1S/C23H20N2O3/c26-22(19-11-5-2-6-12-19)25-21(15-7-13-20-14-8-16-28-20)23(27)24-17-18-9-3-1-4-10-18/h1-16H,17H2,(H,24,27)(H,25,26)/b13-7+,21-15-. The van der Waals surface area contributed by atoms with Gasteiger partial charge in [-0.2, -0.15) is 0 Å². The molecule has 3 aromatic rings. The van der Waals surface area contributed by atoms with Crippen LogP contribution in [0.1, 0.15) is 21.7 Å². The molecule has 1 aromatic heterocycles. The van der Waals surface area contributed by atoms with E-state index in [1.807, 2.05) is 36.4 Å². The highest BCUT2D eigenvalue weighted by molar-refractivity contribution is 6.02. The predicted octanol–water partition coefficient (Wildman–Crippen LogP) is 3.92. The lowest BCUT2D eigenvalue weighted by molar-refractivity contribution is -0.118. The minimum atomic E-state index is -0.378. The molecule has 0 atom stereocenters. The number of furan rings is 1. The molecule has 2 aromatic carbocycles. The van der Waals surface area contributed by atoms with E-state index in [-0.39, 0.29) is 17.5 Å². The van der Waals surface area contributed by atoms with Gasteiger partial charge in [-0.15, -0.1) is 0 Å². The van der Waals surface area contributed by atoms with E-state index >= 15 is 0 Å².